The van der Waals surface area contributed by atoms with E-state index < -0.39 is 45.1 Å². The molecule has 4 N–H and O–H groups in total. The second kappa shape index (κ2) is 39.9. The van der Waals surface area contributed by atoms with E-state index in [-0.39, 0.29) is 13.0 Å². The highest BCUT2D eigenvalue weighted by atomic mass is 31.2. The molecule has 0 fully saturated rings. The summed E-state index contributed by atoms with van der Waals surface area (Å²) in [7, 11) is -4.60. The lowest BCUT2D eigenvalue weighted by molar-refractivity contribution is -0.154. The molecule has 10 nitrogen and oxygen atoms in total. The lowest BCUT2D eigenvalue weighted by Gasteiger charge is -2.20. The first-order chi connectivity index (χ1) is 26.2. The molecular weight excluding hydrogens is 705 g/mol. The molecule has 0 aromatic carbocycles. The third-order valence-corrected chi connectivity index (χ3v) is 10.7. The number of aliphatic carboxylic acids is 1. The molecule has 54 heavy (non-hydrogen) atoms. The van der Waals surface area contributed by atoms with Gasteiger partial charge in [0.15, 0.2) is 0 Å². The number of unbranched alkanes of at least 4 members (excludes halogenated alkanes) is 27. The first kappa shape index (κ1) is 52.7. The third kappa shape index (κ3) is 39.0. The molecule has 0 aliphatic heterocycles. The van der Waals surface area contributed by atoms with E-state index in [4.69, 9.17) is 29.4 Å². The quantitative estimate of drug-likeness (QED) is 0.0235. The van der Waals surface area contributed by atoms with Gasteiger partial charge in [-0.25, -0.2) is 4.57 Å². The molecule has 3 unspecified atom stereocenters. The Hall–Kier alpha value is -1.29. The summed E-state index contributed by atoms with van der Waals surface area (Å²) in [5.41, 5.74) is 5.34. The highest BCUT2D eigenvalue weighted by molar-refractivity contribution is 7.47. The van der Waals surface area contributed by atoms with E-state index in [1.165, 1.54) is 154 Å². The van der Waals surface area contributed by atoms with Crippen LogP contribution in [-0.2, 0) is 32.7 Å². The monoisotopic (exact) mass is 790 g/mol. The first-order valence-electron chi connectivity index (χ1n) is 22.2. The molecule has 0 amide bonds. The van der Waals surface area contributed by atoms with Gasteiger partial charge in [-0.15, -0.1) is 0 Å². The second-order valence-corrected chi connectivity index (χ2v) is 16.6. The van der Waals surface area contributed by atoms with Gasteiger partial charge in [0.25, 0.3) is 0 Å². The average molecular weight is 790 g/mol. The van der Waals surface area contributed by atoms with Crippen LogP contribution in [0, 0.1) is 0 Å². The van der Waals surface area contributed by atoms with Crippen molar-refractivity contribution < 1.29 is 42.7 Å². The molecule has 0 aliphatic carbocycles. The Labute approximate surface area is 331 Å². The van der Waals surface area contributed by atoms with Crippen LogP contribution >= 0.6 is 7.82 Å². The molecule has 0 saturated carbocycles. The maximum Gasteiger partial charge on any atom is 0.472 e. The summed E-state index contributed by atoms with van der Waals surface area (Å²) in [5.74, 6) is -1.77. The van der Waals surface area contributed by atoms with Crippen molar-refractivity contribution >= 4 is 19.8 Å². The molecule has 320 valence electrons. The largest absolute Gasteiger partial charge is 0.480 e. The first-order valence-corrected chi connectivity index (χ1v) is 23.7. The van der Waals surface area contributed by atoms with Crippen LogP contribution in [-0.4, -0.2) is 60.5 Å². The summed E-state index contributed by atoms with van der Waals surface area (Å²) in [4.78, 5) is 33.5. The van der Waals surface area contributed by atoms with Gasteiger partial charge in [0.2, 0.25) is 0 Å². The summed E-state index contributed by atoms with van der Waals surface area (Å²) in [5, 5.41) is 8.88. The topological polar surface area (TPSA) is 155 Å². The van der Waals surface area contributed by atoms with Crippen LogP contribution in [0.2, 0.25) is 0 Å². The van der Waals surface area contributed by atoms with Crippen molar-refractivity contribution in [1.29, 1.82) is 0 Å². The van der Waals surface area contributed by atoms with Crippen LogP contribution in [0.1, 0.15) is 213 Å². The number of phosphoric acid groups is 1. The minimum Gasteiger partial charge on any atom is -0.480 e. The third-order valence-electron chi connectivity index (χ3n) is 9.79. The summed E-state index contributed by atoms with van der Waals surface area (Å²) in [6, 6.07) is -1.47. The number of carbonyl (C=O) groups is 2. The van der Waals surface area contributed by atoms with E-state index in [0.717, 1.165) is 32.1 Å². The summed E-state index contributed by atoms with van der Waals surface area (Å²) in [6.07, 6.45) is 41.3. The van der Waals surface area contributed by atoms with Gasteiger partial charge in [0.05, 0.1) is 19.8 Å². The number of carbonyl (C=O) groups excluding carboxylic acids is 1. The van der Waals surface area contributed by atoms with E-state index in [9.17, 15) is 19.0 Å². The Morgan fingerprint density at radius 1 is 0.574 bits per heavy atom. The zero-order valence-electron chi connectivity index (χ0n) is 34.8. The fourth-order valence-corrected chi connectivity index (χ4v) is 7.08. The van der Waals surface area contributed by atoms with E-state index >= 15 is 0 Å². The predicted molar refractivity (Wildman–Crippen MR) is 222 cm³/mol. The van der Waals surface area contributed by atoms with Crippen molar-refractivity contribution in [1.82, 2.24) is 0 Å². The second-order valence-electron chi connectivity index (χ2n) is 15.2. The Balaban J connectivity index is 4.05. The molecule has 0 aliphatic rings. The number of ether oxygens (including phenoxy) is 2. The lowest BCUT2D eigenvalue weighted by Crippen LogP contribution is -2.34. The number of rotatable bonds is 43. The molecule has 0 rings (SSSR count). The molecule has 0 heterocycles. The lowest BCUT2D eigenvalue weighted by atomic mass is 10.0. The molecule has 0 aromatic heterocycles. The number of hydrogen-bond acceptors (Lipinski definition) is 8. The van der Waals surface area contributed by atoms with Crippen molar-refractivity contribution in [3.05, 3.63) is 12.2 Å². The number of nitrogens with two attached hydrogens (primary N) is 1. The highest BCUT2D eigenvalue weighted by Gasteiger charge is 2.27. The Kier molecular flexibility index (Phi) is 39.0. The van der Waals surface area contributed by atoms with Crippen molar-refractivity contribution in [2.24, 2.45) is 5.73 Å². The zero-order chi connectivity index (χ0) is 39.8. The minimum atomic E-state index is -4.60. The molecule has 0 aromatic rings. The maximum absolute atomic E-state index is 12.6. The van der Waals surface area contributed by atoms with Gasteiger partial charge in [0, 0.05) is 13.0 Å². The minimum absolute atomic E-state index is 0.0217. The SMILES string of the molecule is CCCCCCCCCC/C=C\CCCCCCCCCCCCCC(=O)OC(COCCCCCCCCCCC)COP(=O)(O)OCC(N)C(=O)O. The highest BCUT2D eigenvalue weighted by Crippen LogP contribution is 2.43. The zero-order valence-corrected chi connectivity index (χ0v) is 35.7. The molecular formula is C43H84NO9P. The molecule has 3 atom stereocenters. The van der Waals surface area contributed by atoms with Gasteiger partial charge in [-0.1, -0.05) is 180 Å². The van der Waals surface area contributed by atoms with Crippen LogP contribution in [0.25, 0.3) is 0 Å². The molecule has 0 radical (unpaired) electrons. The summed E-state index contributed by atoms with van der Waals surface area (Å²) < 4.78 is 33.3. The number of allylic oxidation sites excluding steroid dienone is 2. The van der Waals surface area contributed by atoms with Gasteiger partial charge < -0.3 is 25.2 Å². The van der Waals surface area contributed by atoms with Crippen molar-refractivity contribution in [2.45, 2.75) is 225 Å². The average Bonchev–Trinajstić information content (AvgIpc) is 3.15. The number of carboxylic acid groups (broad SMARTS) is 1. The van der Waals surface area contributed by atoms with Gasteiger partial charge in [-0.3, -0.25) is 18.6 Å². The van der Waals surface area contributed by atoms with Crippen LogP contribution < -0.4 is 5.73 Å². The summed E-state index contributed by atoms with van der Waals surface area (Å²) in [6.45, 7) is 3.89. The van der Waals surface area contributed by atoms with Gasteiger partial charge in [-0.2, -0.15) is 0 Å². The van der Waals surface area contributed by atoms with Crippen molar-refractivity contribution in [3.8, 4) is 0 Å². The Morgan fingerprint density at radius 2 is 0.963 bits per heavy atom. The van der Waals surface area contributed by atoms with Crippen molar-refractivity contribution in [2.75, 3.05) is 26.4 Å². The smallest absolute Gasteiger partial charge is 0.472 e. The van der Waals surface area contributed by atoms with Gasteiger partial charge >= 0.3 is 19.8 Å². The van der Waals surface area contributed by atoms with E-state index in [0.29, 0.717) is 13.0 Å². The van der Waals surface area contributed by atoms with Crippen molar-refractivity contribution in [3.63, 3.8) is 0 Å². The molecule has 0 saturated heterocycles. The Morgan fingerprint density at radius 3 is 1.41 bits per heavy atom. The van der Waals surface area contributed by atoms with E-state index in [1.54, 1.807) is 0 Å². The van der Waals surface area contributed by atoms with E-state index in [2.05, 4.69) is 26.0 Å². The van der Waals surface area contributed by atoms with E-state index in [1.807, 2.05) is 0 Å². The van der Waals surface area contributed by atoms with Gasteiger partial charge in [-0.05, 0) is 38.5 Å². The fourth-order valence-electron chi connectivity index (χ4n) is 6.31. The number of hydrogen-bond donors (Lipinski definition) is 3. The molecule has 0 spiro atoms. The summed E-state index contributed by atoms with van der Waals surface area (Å²) >= 11 is 0. The van der Waals surface area contributed by atoms with Crippen LogP contribution in [0.4, 0.5) is 0 Å². The van der Waals surface area contributed by atoms with Gasteiger partial charge in [0.1, 0.15) is 12.1 Å². The molecule has 0 bridgehead atoms. The molecule has 11 heteroatoms. The normalized spacial score (nSPS) is 14.0. The standard InChI is InChI=1S/C43H84NO9P/c1-3-5-7-9-11-13-14-15-16-17-18-19-20-21-22-23-24-25-26-27-29-31-33-35-42(45)53-40(38-51-54(48,49)52-39-41(44)43(46)47)37-50-36-34-32-30-28-12-10-8-6-4-2/h17-18,40-41H,3-16,19-39,44H2,1-2H3,(H,46,47)(H,48,49)/b18-17-. The van der Waals surface area contributed by atoms with Crippen LogP contribution in [0.3, 0.4) is 0 Å². The number of carboxylic acids is 1. The number of phosphoric ester groups is 1. The predicted octanol–water partition coefficient (Wildman–Crippen LogP) is 12.1. The Bertz CT molecular complexity index is 919. The van der Waals surface area contributed by atoms with Crippen LogP contribution in [0.15, 0.2) is 12.2 Å². The number of esters is 1. The fraction of sp³-hybridized carbons (Fsp3) is 0.907. The van der Waals surface area contributed by atoms with Crippen LogP contribution in [0.5, 0.6) is 0 Å². The maximum atomic E-state index is 12.6.